The highest BCUT2D eigenvalue weighted by molar-refractivity contribution is 8.27. The molecule has 0 unspecified atom stereocenters. The first kappa shape index (κ1) is 17.8. The van der Waals surface area contributed by atoms with Crippen LogP contribution in [0, 0.1) is 12.3 Å². The van der Waals surface area contributed by atoms with Gasteiger partial charge in [0.05, 0.1) is 5.57 Å². The second-order valence-electron chi connectivity index (χ2n) is 6.07. The number of thioether (sulfide) groups is 2. The first-order chi connectivity index (χ1) is 13.0. The number of aliphatic imine (C=N–C) groups is 1. The Morgan fingerprint density at radius 1 is 1.19 bits per heavy atom. The molecule has 7 heteroatoms. The molecule has 0 bridgehead atoms. The average Bonchev–Trinajstić information content (AvgIpc) is 3.10. The van der Waals surface area contributed by atoms with Crippen LogP contribution in [0.15, 0.2) is 69.1 Å². The number of rotatable bonds is 3. The quantitative estimate of drug-likeness (QED) is 0.621. The average molecular weight is 393 g/mol. The molecule has 134 valence electrons. The van der Waals surface area contributed by atoms with Gasteiger partial charge in [-0.05, 0) is 54.8 Å². The van der Waals surface area contributed by atoms with Crippen molar-refractivity contribution < 1.29 is 4.79 Å². The van der Waals surface area contributed by atoms with Crippen molar-refractivity contribution in [2.75, 3.05) is 6.26 Å². The molecule has 0 radical (unpaired) electrons. The summed E-state index contributed by atoms with van der Waals surface area (Å²) in [5.41, 5.74) is 3.18. The van der Waals surface area contributed by atoms with E-state index >= 15 is 0 Å². The van der Waals surface area contributed by atoms with Crippen molar-refractivity contribution >= 4 is 51.6 Å². The monoisotopic (exact) mass is 392 g/mol. The minimum Gasteiger partial charge on any atom is -0.282 e. The highest BCUT2D eigenvalue weighted by atomic mass is 32.2. The van der Waals surface area contributed by atoms with E-state index in [0.29, 0.717) is 5.17 Å². The molecule has 0 saturated heterocycles. The van der Waals surface area contributed by atoms with Gasteiger partial charge in [-0.25, -0.2) is 0 Å². The lowest BCUT2D eigenvalue weighted by molar-refractivity contribution is -0.114. The number of amides is 1. The molecule has 0 fully saturated rings. The van der Waals surface area contributed by atoms with Crippen LogP contribution in [-0.2, 0) is 4.79 Å². The zero-order valence-electron chi connectivity index (χ0n) is 14.8. The predicted octanol–water partition coefficient (Wildman–Crippen LogP) is 4.38. The molecule has 0 aliphatic carbocycles. The van der Waals surface area contributed by atoms with E-state index in [1.54, 1.807) is 17.8 Å². The Labute approximate surface area is 165 Å². The van der Waals surface area contributed by atoms with E-state index in [1.807, 2.05) is 61.7 Å². The van der Waals surface area contributed by atoms with Crippen molar-refractivity contribution in [2.45, 2.75) is 11.8 Å². The summed E-state index contributed by atoms with van der Waals surface area (Å²) in [4.78, 5) is 17.8. The van der Waals surface area contributed by atoms with E-state index in [1.165, 1.54) is 16.8 Å². The number of hydrogen-bond donors (Lipinski definition) is 1. The minimum atomic E-state index is -0.409. The summed E-state index contributed by atoms with van der Waals surface area (Å²) >= 11 is 2.97. The first-order valence-electron chi connectivity index (χ1n) is 8.26. The van der Waals surface area contributed by atoms with Gasteiger partial charge in [0, 0.05) is 10.5 Å². The highest BCUT2D eigenvalue weighted by Crippen LogP contribution is 2.31. The second-order valence-corrected chi connectivity index (χ2v) is 7.90. The topological polar surface area (TPSA) is 68.9 Å². The van der Waals surface area contributed by atoms with Crippen LogP contribution in [0.2, 0.25) is 0 Å². The molecule has 0 atom stereocenters. The number of nitrogens with one attached hydrogen (secondary N) is 1. The van der Waals surface area contributed by atoms with Gasteiger partial charge in [-0.15, -0.1) is 11.8 Å². The largest absolute Gasteiger partial charge is 0.283 e. The fraction of sp³-hybridized carbons (Fsp3) is 0.100. The van der Waals surface area contributed by atoms with Gasteiger partial charge >= 0.3 is 0 Å². The summed E-state index contributed by atoms with van der Waals surface area (Å²) in [6.45, 7) is 2.02. The zero-order valence-corrected chi connectivity index (χ0v) is 16.4. The molecule has 4 rings (SSSR count). The van der Waals surface area contributed by atoms with E-state index < -0.39 is 5.91 Å². The lowest BCUT2D eigenvalue weighted by atomic mass is 10.1. The molecular formula is C20H16N4OS2. The molecule has 0 spiro atoms. The molecule has 27 heavy (non-hydrogen) atoms. The Bertz CT molecular complexity index is 1040. The second kappa shape index (κ2) is 7.17. The van der Waals surface area contributed by atoms with Crippen LogP contribution < -0.4 is 0 Å². The third kappa shape index (κ3) is 3.48. The number of carbonyl (C=O) groups is 1. The van der Waals surface area contributed by atoms with Crippen molar-refractivity contribution in [3.8, 4) is 0 Å². The maximum Gasteiger partial charge on any atom is 0.283 e. The summed E-state index contributed by atoms with van der Waals surface area (Å²) in [6.07, 6.45) is 3.71. The minimum absolute atomic E-state index is 0.0501. The number of hydrazone groups is 1. The third-order valence-electron chi connectivity index (χ3n) is 4.15. The van der Waals surface area contributed by atoms with Crippen LogP contribution in [0.25, 0.3) is 6.08 Å². The summed E-state index contributed by atoms with van der Waals surface area (Å²) in [5, 5.41) is 15.6. The van der Waals surface area contributed by atoms with Crippen molar-refractivity contribution in [2.24, 2.45) is 10.1 Å². The zero-order chi connectivity index (χ0) is 19.0. The van der Waals surface area contributed by atoms with Crippen LogP contribution in [0.3, 0.4) is 0 Å². The number of carbonyl (C=O) groups excluding carboxylic acids is 1. The summed E-state index contributed by atoms with van der Waals surface area (Å²) in [6, 6.07) is 15.8. The molecule has 2 aromatic rings. The maximum atomic E-state index is 12.5. The van der Waals surface area contributed by atoms with Gasteiger partial charge < -0.3 is 0 Å². The molecule has 1 amide bonds. The van der Waals surface area contributed by atoms with Crippen LogP contribution >= 0.6 is 23.5 Å². The molecule has 1 N–H and O–H groups in total. The smallest absolute Gasteiger partial charge is 0.282 e. The van der Waals surface area contributed by atoms with Crippen molar-refractivity contribution in [3.63, 3.8) is 0 Å². The number of nitrogens with zero attached hydrogens (tertiary/aromatic N) is 3. The van der Waals surface area contributed by atoms with Crippen molar-refractivity contribution in [1.82, 2.24) is 5.01 Å². The van der Waals surface area contributed by atoms with Gasteiger partial charge in [0.2, 0.25) is 5.17 Å². The molecule has 5 nitrogen and oxygen atoms in total. The summed E-state index contributed by atoms with van der Waals surface area (Å²) in [7, 11) is 0. The van der Waals surface area contributed by atoms with Gasteiger partial charge in [0.25, 0.3) is 5.91 Å². The fourth-order valence-electron chi connectivity index (χ4n) is 2.75. The molecular weight excluding hydrogens is 376 g/mol. The molecule has 2 heterocycles. The summed E-state index contributed by atoms with van der Waals surface area (Å²) < 4.78 is 0. The Balaban J connectivity index is 1.66. The molecule has 0 saturated carbocycles. The molecule has 2 aliphatic rings. The molecule has 2 aliphatic heterocycles. The van der Waals surface area contributed by atoms with Crippen LogP contribution in [0.1, 0.15) is 16.7 Å². The van der Waals surface area contributed by atoms with Gasteiger partial charge in [-0.3, -0.25) is 10.2 Å². The standard InChI is InChI=1S/C20H16N4OS2/c1-12-4-3-5-14(10-12)19-23-24-17(21)16(18(25)22-20(24)27-19)11-13-6-8-15(26-2)9-7-13/h3-11,21H,1-2H3/b16-11-,21-17?. The number of amidine groups is 2. The van der Waals surface area contributed by atoms with Crippen LogP contribution in [-0.4, -0.2) is 33.2 Å². The lowest BCUT2D eigenvalue weighted by Gasteiger charge is -2.20. The van der Waals surface area contributed by atoms with E-state index in [-0.39, 0.29) is 11.4 Å². The Morgan fingerprint density at radius 2 is 1.96 bits per heavy atom. The van der Waals surface area contributed by atoms with Crippen molar-refractivity contribution in [1.29, 1.82) is 5.41 Å². The maximum absolute atomic E-state index is 12.5. The first-order valence-corrected chi connectivity index (χ1v) is 10.3. The van der Waals surface area contributed by atoms with E-state index in [2.05, 4.69) is 10.1 Å². The van der Waals surface area contributed by atoms with E-state index in [9.17, 15) is 4.79 Å². The number of hydrogen-bond acceptors (Lipinski definition) is 5. The normalized spacial score (nSPS) is 17.9. The number of benzene rings is 2. The van der Waals surface area contributed by atoms with Crippen molar-refractivity contribution in [3.05, 3.63) is 70.8 Å². The predicted molar refractivity (Wildman–Crippen MR) is 114 cm³/mol. The molecule has 2 aromatic carbocycles. The third-order valence-corrected chi connectivity index (χ3v) is 5.85. The Kier molecular flexibility index (Phi) is 4.72. The molecule has 0 aromatic heterocycles. The Hall–Kier alpha value is -2.64. The number of fused-ring (bicyclic) bond motifs is 1. The lowest BCUT2D eigenvalue weighted by Crippen LogP contribution is -2.35. The highest BCUT2D eigenvalue weighted by Gasteiger charge is 2.35. The Morgan fingerprint density at radius 3 is 2.67 bits per heavy atom. The van der Waals surface area contributed by atoms with Crippen LogP contribution in [0.4, 0.5) is 0 Å². The van der Waals surface area contributed by atoms with Crippen LogP contribution in [0.5, 0.6) is 0 Å². The number of aryl methyl sites for hydroxylation is 1. The van der Waals surface area contributed by atoms with Gasteiger partial charge in [0.15, 0.2) is 5.84 Å². The summed E-state index contributed by atoms with van der Waals surface area (Å²) in [5.74, 6) is -0.359. The van der Waals surface area contributed by atoms with E-state index in [0.717, 1.165) is 26.6 Å². The van der Waals surface area contributed by atoms with E-state index in [4.69, 9.17) is 5.41 Å². The van der Waals surface area contributed by atoms with Gasteiger partial charge in [-0.2, -0.15) is 15.1 Å². The fourth-order valence-corrected chi connectivity index (χ4v) is 4.05. The van der Waals surface area contributed by atoms with Gasteiger partial charge in [0.1, 0.15) is 5.04 Å². The SMILES string of the molecule is CSc1ccc(/C=C2/C(=N)N3N=C(c4cccc(C)c4)SC3=NC2=O)cc1. The van der Waals surface area contributed by atoms with Gasteiger partial charge in [-0.1, -0.05) is 35.9 Å².